The van der Waals surface area contributed by atoms with Crippen LogP contribution < -0.4 is 10.6 Å². The number of aliphatic hydroxyl groups is 1. The van der Waals surface area contributed by atoms with E-state index in [4.69, 9.17) is 0 Å². The van der Waals surface area contributed by atoms with Crippen molar-refractivity contribution in [1.29, 1.82) is 0 Å². The molecule has 1 fully saturated rings. The van der Waals surface area contributed by atoms with Crippen molar-refractivity contribution < 1.29 is 9.90 Å². The summed E-state index contributed by atoms with van der Waals surface area (Å²) < 4.78 is 0. The highest BCUT2D eigenvalue weighted by molar-refractivity contribution is 5.74. The van der Waals surface area contributed by atoms with E-state index in [9.17, 15) is 9.90 Å². The van der Waals surface area contributed by atoms with E-state index < -0.39 is 5.54 Å². The Kier molecular flexibility index (Phi) is 6.19. The molecule has 122 valence electrons. The van der Waals surface area contributed by atoms with Crippen LogP contribution in [0.5, 0.6) is 0 Å². The predicted octanol–water partition coefficient (Wildman–Crippen LogP) is 2.25. The Balaban J connectivity index is 1.78. The van der Waals surface area contributed by atoms with E-state index in [1.54, 1.807) is 12.4 Å². The topological polar surface area (TPSA) is 74.2 Å². The van der Waals surface area contributed by atoms with Gasteiger partial charge in [0.1, 0.15) is 0 Å². The zero-order valence-electron chi connectivity index (χ0n) is 13.3. The first kappa shape index (κ1) is 16.7. The van der Waals surface area contributed by atoms with Gasteiger partial charge in [0.2, 0.25) is 0 Å². The van der Waals surface area contributed by atoms with Crippen molar-refractivity contribution in [2.24, 2.45) is 5.92 Å². The standard InChI is InChI=1S/C17H27N3O2/c1-17(13-21,15-7-3-2-4-8-15)20-16(22)19-11-9-14-6-5-10-18-12-14/h5-6,10,12,15,21H,2-4,7-9,11,13H2,1H3,(H2,19,20,22)/t17-/m1/s1. The minimum Gasteiger partial charge on any atom is -0.394 e. The quantitative estimate of drug-likeness (QED) is 0.754. The molecule has 0 bridgehead atoms. The Bertz CT molecular complexity index is 460. The number of rotatable bonds is 6. The summed E-state index contributed by atoms with van der Waals surface area (Å²) in [5.41, 5.74) is 0.568. The fraction of sp³-hybridized carbons (Fsp3) is 0.647. The van der Waals surface area contributed by atoms with Crippen molar-refractivity contribution in [3.63, 3.8) is 0 Å². The summed E-state index contributed by atoms with van der Waals surface area (Å²) in [6, 6.07) is 3.68. The third-order valence-corrected chi connectivity index (χ3v) is 4.66. The second-order valence-corrected chi connectivity index (χ2v) is 6.40. The van der Waals surface area contributed by atoms with Crippen LogP contribution in [0.1, 0.15) is 44.6 Å². The molecule has 3 N–H and O–H groups in total. The molecule has 1 aliphatic carbocycles. The summed E-state index contributed by atoms with van der Waals surface area (Å²) in [5.74, 6) is 0.357. The number of amides is 2. The molecule has 1 aliphatic rings. The summed E-state index contributed by atoms with van der Waals surface area (Å²) in [5, 5.41) is 15.6. The van der Waals surface area contributed by atoms with Crippen LogP contribution in [0.15, 0.2) is 24.5 Å². The van der Waals surface area contributed by atoms with Crippen molar-refractivity contribution in [2.45, 2.75) is 51.0 Å². The predicted molar refractivity (Wildman–Crippen MR) is 86.5 cm³/mol. The highest BCUT2D eigenvalue weighted by Gasteiger charge is 2.35. The second kappa shape index (κ2) is 8.13. The van der Waals surface area contributed by atoms with Crippen LogP contribution in [0.3, 0.4) is 0 Å². The average molecular weight is 305 g/mol. The van der Waals surface area contributed by atoms with Gasteiger partial charge in [-0.2, -0.15) is 0 Å². The molecule has 0 unspecified atom stereocenters. The first-order chi connectivity index (χ1) is 10.6. The largest absolute Gasteiger partial charge is 0.394 e. The lowest BCUT2D eigenvalue weighted by Gasteiger charge is -2.39. The number of pyridine rings is 1. The SMILES string of the molecule is C[C@](CO)(NC(=O)NCCc1cccnc1)C1CCCCC1. The Morgan fingerprint density at radius 2 is 2.18 bits per heavy atom. The Hall–Kier alpha value is -1.62. The van der Waals surface area contributed by atoms with Crippen molar-refractivity contribution in [3.05, 3.63) is 30.1 Å². The van der Waals surface area contributed by atoms with Crippen LogP contribution in [-0.4, -0.2) is 34.8 Å². The van der Waals surface area contributed by atoms with E-state index in [-0.39, 0.29) is 12.6 Å². The molecule has 2 amide bonds. The van der Waals surface area contributed by atoms with Crippen molar-refractivity contribution in [1.82, 2.24) is 15.6 Å². The molecule has 1 aromatic rings. The molecule has 1 aromatic heterocycles. The lowest BCUT2D eigenvalue weighted by atomic mass is 9.76. The van der Waals surface area contributed by atoms with Gasteiger partial charge in [0, 0.05) is 18.9 Å². The maximum absolute atomic E-state index is 12.1. The first-order valence-electron chi connectivity index (χ1n) is 8.20. The molecule has 1 heterocycles. The highest BCUT2D eigenvalue weighted by Crippen LogP contribution is 2.32. The van der Waals surface area contributed by atoms with Crippen molar-refractivity contribution in [3.8, 4) is 0 Å². The summed E-state index contributed by atoms with van der Waals surface area (Å²) in [6.45, 7) is 2.49. The summed E-state index contributed by atoms with van der Waals surface area (Å²) in [7, 11) is 0. The summed E-state index contributed by atoms with van der Waals surface area (Å²) >= 11 is 0. The van der Waals surface area contributed by atoms with Gasteiger partial charge in [0.25, 0.3) is 0 Å². The Morgan fingerprint density at radius 1 is 1.41 bits per heavy atom. The maximum atomic E-state index is 12.1. The monoisotopic (exact) mass is 305 g/mol. The van der Waals surface area contributed by atoms with Gasteiger partial charge in [-0.05, 0) is 43.7 Å². The number of aliphatic hydroxyl groups excluding tert-OH is 1. The van der Waals surface area contributed by atoms with Gasteiger partial charge in [-0.15, -0.1) is 0 Å². The molecule has 0 spiro atoms. The van der Waals surface area contributed by atoms with Crippen LogP contribution in [-0.2, 0) is 6.42 Å². The molecule has 22 heavy (non-hydrogen) atoms. The molecule has 5 nitrogen and oxygen atoms in total. The zero-order valence-corrected chi connectivity index (χ0v) is 13.3. The fourth-order valence-corrected chi connectivity index (χ4v) is 3.18. The number of urea groups is 1. The number of aromatic nitrogens is 1. The molecular weight excluding hydrogens is 278 g/mol. The van der Waals surface area contributed by atoms with Gasteiger partial charge < -0.3 is 15.7 Å². The van der Waals surface area contributed by atoms with Crippen LogP contribution in [0.25, 0.3) is 0 Å². The van der Waals surface area contributed by atoms with E-state index in [0.29, 0.717) is 12.5 Å². The molecule has 5 heteroatoms. The number of hydrogen-bond acceptors (Lipinski definition) is 3. The van der Waals surface area contributed by atoms with Crippen LogP contribution in [0.4, 0.5) is 4.79 Å². The van der Waals surface area contributed by atoms with Gasteiger partial charge >= 0.3 is 6.03 Å². The van der Waals surface area contributed by atoms with Gasteiger partial charge in [-0.3, -0.25) is 4.98 Å². The normalized spacial score (nSPS) is 18.5. The number of nitrogens with one attached hydrogen (secondary N) is 2. The fourth-order valence-electron chi connectivity index (χ4n) is 3.18. The van der Waals surface area contributed by atoms with E-state index >= 15 is 0 Å². The van der Waals surface area contributed by atoms with Gasteiger partial charge in [-0.25, -0.2) is 4.79 Å². The molecule has 0 aromatic carbocycles. The minimum atomic E-state index is -0.529. The minimum absolute atomic E-state index is 0.0201. The summed E-state index contributed by atoms with van der Waals surface area (Å²) in [4.78, 5) is 16.2. The van der Waals surface area contributed by atoms with Crippen LogP contribution >= 0.6 is 0 Å². The third kappa shape index (κ3) is 4.70. The lowest BCUT2D eigenvalue weighted by molar-refractivity contribution is 0.101. The highest BCUT2D eigenvalue weighted by atomic mass is 16.3. The molecule has 1 saturated carbocycles. The van der Waals surface area contributed by atoms with E-state index in [0.717, 1.165) is 24.8 Å². The van der Waals surface area contributed by atoms with E-state index in [1.165, 1.54) is 19.3 Å². The molecule has 2 rings (SSSR count). The van der Waals surface area contributed by atoms with Crippen molar-refractivity contribution >= 4 is 6.03 Å². The number of carbonyl (C=O) groups is 1. The van der Waals surface area contributed by atoms with Gasteiger partial charge in [0.05, 0.1) is 12.1 Å². The Labute approximate surface area is 132 Å². The third-order valence-electron chi connectivity index (χ3n) is 4.66. The van der Waals surface area contributed by atoms with Gasteiger partial charge in [-0.1, -0.05) is 25.3 Å². The number of hydrogen-bond donors (Lipinski definition) is 3. The molecule has 0 radical (unpaired) electrons. The zero-order chi connectivity index (χ0) is 15.8. The molecule has 1 atom stereocenters. The second-order valence-electron chi connectivity index (χ2n) is 6.40. The first-order valence-corrected chi connectivity index (χ1v) is 8.20. The van der Waals surface area contributed by atoms with E-state index in [2.05, 4.69) is 15.6 Å². The smallest absolute Gasteiger partial charge is 0.315 e. The molecular formula is C17H27N3O2. The summed E-state index contributed by atoms with van der Waals surface area (Å²) in [6.07, 6.45) is 10.1. The van der Waals surface area contributed by atoms with Crippen molar-refractivity contribution in [2.75, 3.05) is 13.2 Å². The van der Waals surface area contributed by atoms with Gasteiger partial charge in [0.15, 0.2) is 0 Å². The number of nitrogens with zero attached hydrogens (tertiary/aromatic N) is 1. The van der Waals surface area contributed by atoms with Crippen LogP contribution in [0.2, 0.25) is 0 Å². The van der Waals surface area contributed by atoms with E-state index in [1.807, 2.05) is 19.1 Å². The lowest BCUT2D eigenvalue weighted by Crippen LogP contribution is -2.57. The maximum Gasteiger partial charge on any atom is 0.315 e. The molecule has 0 aliphatic heterocycles. The number of carbonyl (C=O) groups excluding carboxylic acids is 1. The molecule has 0 saturated heterocycles. The Morgan fingerprint density at radius 3 is 2.82 bits per heavy atom. The van der Waals surface area contributed by atoms with Crippen LogP contribution in [0, 0.1) is 5.92 Å². The average Bonchev–Trinajstić information content (AvgIpc) is 2.56.